The molecule has 2 rings (SSSR count). The summed E-state index contributed by atoms with van der Waals surface area (Å²) in [5.41, 5.74) is 5.39. The molecule has 1 saturated heterocycles. The number of carbonyl (C=O) groups is 1. The molecule has 22 heavy (non-hydrogen) atoms. The normalized spacial score (nSPS) is 33.6. The van der Waals surface area contributed by atoms with Crippen LogP contribution in [0.2, 0.25) is 0 Å². The van der Waals surface area contributed by atoms with Gasteiger partial charge in [-0.1, -0.05) is 0 Å². The fourth-order valence-electron chi connectivity index (χ4n) is 3.50. The average Bonchev–Trinajstić information content (AvgIpc) is 2.47. The summed E-state index contributed by atoms with van der Waals surface area (Å²) >= 11 is 0. The van der Waals surface area contributed by atoms with E-state index in [1.165, 1.54) is 0 Å². The van der Waals surface area contributed by atoms with E-state index in [0.29, 0.717) is 26.3 Å². The Labute approximate surface area is 132 Å². The average molecular weight is 314 g/mol. The number of nitrogens with zero attached hydrogens (tertiary/aromatic N) is 1. The lowest BCUT2D eigenvalue weighted by Gasteiger charge is -2.50. The largest absolute Gasteiger partial charge is 0.444 e. The Morgan fingerprint density at radius 2 is 2.05 bits per heavy atom. The lowest BCUT2D eigenvalue weighted by atomic mass is 9.67. The van der Waals surface area contributed by atoms with Crippen LogP contribution in [0.1, 0.15) is 46.5 Å². The number of carbonyl (C=O) groups excluding carboxylic acids is 1. The molecule has 2 fully saturated rings. The van der Waals surface area contributed by atoms with Gasteiger partial charge in [-0.15, -0.1) is 0 Å². The maximum atomic E-state index is 12.5. The van der Waals surface area contributed by atoms with Crippen LogP contribution in [0.5, 0.6) is 0 Å². The van der Waals surface area contributed by atoms with Crippen LogP contribution < -0.4 is 5.73 Å². The summed E-state index contributed by atoms with van der Waals surface area (Å²) in [5, 5.41) is 9.79. The van der Waals surface area contributed by atoms with Crippen molar-refractivity contribution in [3.63, 3.8) is 0 Å². The first kappa shape index (κ1) is 17.5. The van der Waals surface area contributed by atoms with Crippen molar-refractivity contribution in [3.05, 3.63) is 0 Å². The quantitative estimate of drug-likeness (QED) is 0.807. The van der Waals surface area contributed by atoms with E-state index >= 15 is 0 Å². The van der Waals surface area contributed by atoms with Crippen LogP contribution in [0, 0.1) is 5.41 Å². The lowest BCUT2D eigenvalue weighted by molar-refractivity contribution is -0.0847. The second kappa shape index (κ2) is 6.72. The van der Waals surface area contributed by atoms with Crippen molar-refractivity contribution in [2.24, 2.45) is 11.1 Å². The minimum absolute atomic E-state index is 0.0754. The number of hydrogen-bond donors (Lipinski definition) is 2. The maximum absolute atomic E-state index is 12.5. The summed E-state index contributed by atoms with van der Waals surface area (Å²) in [4.78, 5) is 14.3. The summed E-state index contributed by atoms with van der Waals surface area (Å²) in [5.74, 6) is 0. The smallest absolute Gasteiger partial charge is 0.410 e. The molecule has 1 saturated carbocycles. The Hall–Kier alpha value is -0.850. The molecular formula is C16H30N2O4. The summed E-state index contributed by atoms with van der Waals surface area (Å²) < 4.78 is 11.2. The fraction of sp³-hybridized carbons (Fsp3) is 0.938. The third-order valence-corrected chi connectivity index (χ3v) is 4.82. The molecule has 1 unspecified atom stereocenters. The Balaban J connectivity index is 2.16. The van der Waals surface area contributed by atoms with Crippen LogP contribution in [-0.2, 0) is 9.47 Å². The van der Waals surface area contributed by atoms with Crippen molar-refractivity contribution in [2.45, 2.75) is 64.2 Å². The number of aliphatic hydroxyl groups excluding tert-OH is 1. The first-order chi connectivity index (χ1) is 10.3. The second-order valence-corrected chi connectivity index (χ2v) is 7.56. The highest BCUT2D eigenvalue weighted by atomic mass is 16.6. The summed E-state index contributed by atoms with van der Waals surface area (Å²) in [7, 11) is 0. The zero-order valence-electron chi connectivity index (χ0n) is 14.0. The first-order valence-electron chi connectivity index (χ1n) is 8.23. The van der Waals surface area contributed by atoms with Gasteiger partial charge in [-0.2, -0.15) is 0 Å². The molecule has 1 aliphatic carbocycles. The zero-order valence-corrected chi connectivity index (χ0v) is 14.0. The molecule has 128 valence electrons. The highest BCUT2D eigenvalue weighted by Crippen LogP contribution is 2.42. The van der Waals surface area contributed by atoms with E-state index in [4.69, 9.17) is 15.2 Å². The predicted octanol–water partition coefficient (Wildman–Crippen LogP) is 1.50. The molecule has 0 aromatic heterocycles. The molecule has 1 aliphatic heterocycles. The maximum Gasteiger partial charge on any atom is 0.410 e. The molecule has 0 aromatic rings. The van der Waals surface area contributed by atoms with E-state index in [9.17, 15) is 9.90 Å². The summed E-state index contributed by atoms with van der Waals surface area (Å²) in [6.07, 6.45) is 2.56. The first-order valence-corrected chi connectivity index (χ1v) is 8.23. The van der Waals surface area contributed by atoms with E-state index < -0.39 is 5.60 Å². The molecular weight excluding hydrogens is 284 g/mol. The number of nitrogens with two attached hydrogens (primary N) is 1. The van der Waals surface area contributed by atoms with Gasteiger partial charge in [0.05, 0.1) is 25.4 Å². The van der Waals surface area contributed by atoms with E-state index in [2.05, 4.69) is 0 Å². The molecule has 0 radical (unpaired) electrons. The predicted molar refractivity (Wildman–Crippen MR) is 83.5 cm³/mol. The van der Waals surface area contributed by atoms with E-state index in [-0.39, 0.29) is 23.7 Å². The third-order valence-electron chi connectivity index (χ3n) is 4.82. The molecule has 1 amide bonds. The van der Waals surface area contributed by atoms with Crippen LogP contribution in [-0.4, -0.2) is 60.1 Å². The molecule has 0 aromatic carbocycles. The number of morpholine rings is 1. The fourth-order valence-corrected chi connectivity index (χ4v) is 3.50. The Bertz CT molecular complexity index is 386. The Morgan fingerprint density at radius 3 is 2.59 bits per heavy atom. The van der Waals surface area contributed by atoms with Gasteiger partial charge in [0.2, 0.25) is 0 Å². The molecule has 0 spiro atoms. The number of hydrogen-bond acceptors (Lipinski definition) is 5. The minimum Gasteiger partial charge on any atom is -0.444 e. The Morgan fingerprint density at radius 1 is 1.41 bits per heavy atom. The van der Waals surface area contributed by atoms with Crippen molar-refractivity contribution in [2.75, 3.05) is 26.3 Å². The molecule has 6 heteroatoms. The van der Waals surface area contributed by atoms with Gasteiger partial charge in [0.15, 0.2) is 0 Å². The van der Waals surface area contributed by atoms with E-state index in [1.807, 2.05) is 20.8 Å². The lowest BCUT2D eigenvalue weighted by Crippen LogP contribution is -2.60. The molecule has 6 nitrogen and oxygen atoms in total. The van der Waals surface area contributed by atoms with E-state index in [1.54, 1.807) is 4.90 Å². The van der Waals surface area contributed by atoms with E-state index in [0.717, 1.165) is 25.7 Å². The van der Waals surface area contributed by atoms with Gasteiger partial charge in [-0.25, -0.2) is 4.79 Å². The van der Waals surface area contributed by atoms with Gasteiger partial charge in [-0.3, -0.25) is 4.90 Å². The van der Waals surface area contributed by atoms with Gasteiger partial charge < -0.3 is 20.3 Å². The van der Waals surface area contributed by atoms with Gasteiger partial charge in [0.1, 0.15) is 5.60 Å². The number of amides is 1. The van der Waals surface area contributed by atoms with Gasteiger partial charge >= 0.3 is 6.09 Å². The van der Waals surface area contributed by atoms with Crippen LogP contribution in [0.25, 0.3) is 0 Å². The van der Waals surface area contributed by atoms with Gasteiger partial charge in [0.25, 0.3) is 0 Å². The second-order valence-electron chi connectivity index (χ2n) is 7.56. The standard InChI is InChI=1S/C16H30N2O4/c1-15(2,3)22-14(20)18-8-9-21-10-13(18)16(11-17)6-4-12(19)5-7-16/h12-13,19H,4-11,17H2,1-3H3. The highest BCUT2D eigenvalue weighted by Gasteiger charge is 2.46. The van der Waals surface area contributed by atoms with Crippen molar-refractivity contribution < 1.29 is 19.4 Å². The van der Waals surface area contributed by atoms with Crippen molar-refractivity contribution in [3.8, 4) is 0 Å². The van der Waals surface area contributed by atoms with Crippen LogP contribution >= 0.6 is 0 Å². The van der Waals surface area contributed by atoms with Crippen molar-refractivity contribution in [1.82, 2.24) is 4.90 Å². The summed E-state index contributed by atoms with van der Waals surface area (Å²) in [6, 6.07) is -0.0754. The molecule has 3 N–H and O–H groups in total. The van der Waals surface area contributed by atoms with Crippen molar-refractivity contribution >= 4 is 6.09 Å². The Kier molecular flexibility index (Phi) is 5.35. The zero-order chi connectivity index (χ0) is 16.4. The van der Waals surface area contributed by atoms with Crippen LogP contribution in [0.3, 0.4) is 0 Å². The number of aliphatic hydroxyl groups is 1. The number of ether oxygens (including phenoxy) is 2. The topological polar surface area (TPSA) is 85.0 Å². The van der Waals surface area contributed by atoms with Gasteiger partial charge in [0, 0.05) is 18.5 Å². The van der Waals surface area contributed by atoms with Crippen LogP contribution in [0.15, 0.2) is 0 Å². The third kappa shape index (κ3) is 3.91. The minimum atomic E-state index is -0.515. The SMILES string of the molecule is CC(C)(C)OC(=O)N1CCOCC1C1(CN)CCC(O)CC1. The number of rotatable bonds is 2. The molecule has 1 heterocycles. The summed E-state index contributed by atoms with van der Waals surface area (Å²) in [6.45, 7) is 7.66. The van der Waals surface area contributed by atoms with Crippen LogP contribution in [0.4, 0.5) is 4.79 Å². The monoisotopic (exact) mass is 314 g/mol. The highest BCUT2D eigenvalue weighted by molar-refractivity contribution is 5.69. The molecule has 2 aliphatic rings. The van der Waals surface area contributed by atoms with Crippen molar-refractivity contribution in [1.29, 1.82) is 0 Å². The molecule has 1 atom stereocenters. The van der Waals surface area contributed by atoms with Gasteiger partial charge in [-0.05, 0) is 46.5 Å². The molecule has 0 bridgehead atoms.